The van der Waals surface area contributed by atoms with Gasteiger partial charge in [0.25, 0.3) is 5.56 Å². The summed E-state index contributed by atoms with van der Waals surface area (Å²) in [5.74, 6) is 0.700. The van der Waals surface area contributed by atoms with Crippen molar-refractivity contribution in [1.82, 2.24) is 13.8 Å². The Morgan fingerprint density at radius 1 is 1.15 bits per heavy atom. The molecule has 1 saturated heterocycles. The van der Waals surface area contributed by atoms with Gasteiger partial charge in [-0.05, 0) is 24.3 Å². The summed E-state index contributed by atoms with van der Waals surface area (Å²) in [5.41, 5.74) is -0.380. The molecule has 0 bridgehead atoms. The second-order valence-electron chi connectivity index (χ2n) is 7.17. The molecule has 2 unspecified atom stereocenters. The quantitative estimate of drug-likeness (QED) is 0.743. The van der Waals surface area contributed by atoms with Crippen LogP contribution in [0.15, 0.2) is 28.0 Å². The number of carbonyl (C=O) groups excluding carboxylic acids is 1. The van der Waals surface area contributed by atoms with Crippen LogP contribution in [-0.2, 0) is 21.4 Å². The van der Waals surface area contributed by atoms with Crippen LogP contribution in [0.5, 0.6) is 0 Å². The molecule has 7 nitrogen and oxygen atoms in total. The highest BCUT2D eigenvalue weighted by molar-refractivity contribution is 7.89. The fraction of sp³-hybridized carbons (Fsp3) is 0.667. The van der Waals surface area contributed by atoms with E-state index in [1.54, 1.807) is 18.7 Å². The van der Waals surface area contributed by atoms with E-state index >= 15 is 0 Å². The highest BCUT2D eigenvalue weighted by atomic mass is 32.2. The maximum absolute atomic E-state index is 12.6. The molecule has 0 N–H and O–H groups in total. The first-order valence-electron chi connectivity index (χ1n) is 9.17. The van der Waals surface area contributed by atoms with Crippen LogP contribution < -0.4 is 5.56 Å². The number of hydrogen-bond donors (Lipinski definition) is 0. The monoisotopic (exact) mass is 383 g/mol. The van der Waals surface area contributed by atoms with Crippen molar-refractivity contribution in [2.75, 3.05) is 26.2 Å². The van der Waals surface area contributed by atoms with Crippen LogP contribution in [0.2, 0.25) is 0 Å². The highest BCUT2D eigenvalue weighted by Gasteiger charge is 2.26. The van der Waals surface area contributed by atoms with Crippen molar-refractivity contribution >= 4 is 15.9 Å². The minimum Gasteiger partial charge on any atom is -0.341 e. The molecule has 0 spiro atoms. The van der Waals surface area contributed by atoms with Gasteiger partial charge in [-0.1, -0.05) is 27.7 Å². The smallest absolute Gasteiger partial charge is 0.251 e. The molecule has 2 atom stereocenters. The van der Waals surface area contributed by atoms with Gasteiger partial charge in [-0.15, -0.1) is 0 Å². The normalized spacial score (nSPS) is 21.2. The van der Waals surface area contributed by atoms with E-state index in [1.807, 2.05) is 0 Å². The Kier molecular flexibility index (Phi) is 6.63. The van der Waals surface area contributed by atoms with E-state index in [-0.39, 0.29) is 22.9 Å². The van der Waals surface area contributed by atoms with Gasteiger partial charge in [0, 0.05) is 38.4 Å². The van der Waals surface area contributed by atoms with Crippen molar-refractivity contribution in [2.45, 2.75) is 45.6 Å². The first kappa shape index (κ1) is 20.6. The Hall–Kier alpha value is -1.67. The SMILES string of the molecule is CCN(CC)S(=O)(=O)c1ccc(=O)n(CC(=O)N2CC(C)CC(C)C2)c1. The number of pyridine rings is 1. The topological polar surface area (TPSA) is 79.7 Å². The zero-order valence-electron chi connectivity index (χ0n) is 16.0. The molecule has 2 rings (SSSR count). The average molecular weight is 384 g/mol. The molecule has 8 heteroatoms. The molecular formula is C18H29N3O4S. The van der Waals surface area contributed by atoms with E-state index in [2.05, 4.69) is 13.8 Å². The fourth-order valence-electron chi connectivity index (χ4n) is 3.61. The van der Waals surface area contributed by atoms with Crippen LogP contribution in [0, 0.1) is 11.8 Å². The molecule has 0 aliphatic carbocycles. The molecule has 0 aromatic carbocycles. The van der Waals surface area contributed by atoms with Crippen molar-refractivity contribution in [3.63, 3.8) is 0 Å². The molecule has 1 aromatic heterocycles. The Morgan fingerprint density at radius 3 is 2.27 bits per heavy atom. The lowest BCUT2D eigenvalue weighted by atomic mass is 9.92. The van der Waals surface area contributed by atoms with Crippen molar-refractivity contribution in [2.24, 2.45) is 11.8 Å². The van der Waals surface area contributed by atoms with E-state index < -0.39 is 10.0 Å². The first-order valence-corrected chi connectivity index (χ1v) is 10.6. The Bertz CT molecular complexity index is 789. The Labute approximate surface area is 155 Å². The number of rotatable bonds is 6. The summed E-state index contributed by atoms with van der Waals surface area (Å²) in [6, 6.07) is 2.52. The summed E-state index contributed by atoms with van der Waals surface area (Å²) in [7, 11) is -3.67. The van der Waals surface area contributed by atoms with Crippen LogP contribution in [0.25, 0.3) is 0 Å². The minimum absolute atomic E-state index is 0.0361. The molecule has 1 aliphatic heterocycles. The summed E-state index contributed by atoms with van der Waals surface area (Å²) >= 11 is 0. The van der Waals surface area contributed by atoms with E-state index in [0.29, 0.717) is 38.0 Å². The van der Waals surface area contributed by atoms with E-state index in [0.717, 1.165) is 6.42 Å². The van der Waals surface area contributed by atoms with Gasteiger partial charge >= 0.3 is 0 Å². The van der Waals surface area contributed by atoms with Crippen LogP contribution in [0.3, 0.4) is 0 Å². The van der Waals surface area contributed by atoms with Crippen molar-refractivity contribution in [3.8, 4) is 0 Å². The molecule has 1 amide bonds. The van der Waals surface area contributed by atoms with E-state index in [1.165, 1.54) is 27.2 Å². The Morgan fingerprint density at radius 2 is 1.73 bits per heavy atom. The molecule has 2 heterocycles. The molecule has 1 aromatic rings. The molecule has 0 radical (unpaired) electrons. The van der Waals surface area contributed by atoms with Crippen LogP contribution >= 0.6 is 0 Å². The third kappa shape index (κ3) is 4.54. The number of nitrogens with zero attached hydrogens (tertiary/aromatic N) is 3. The van der Waals surface area contributed by atoms with Crippen molar-refractivity contribution < 1.29 is 13.2 Å². The standard InChI is InChI=1S/C18H29N3O4S/c1-5-21(6-2)26(24,25)16-7-8-17(22)20(12-16)13-18(23)19-10-14(3)9-15(4)11-19/h7-8,12,14-15H,5-6,9-11,13H2,1-4H3. The number of likely N-dealkylation sites (tertiary alicyclic amines) is 1. The molecule has 0 saturated carbocycles. The summed E-state index contributed by atoms with van der Waals surface area (Å²) in [4.78, 5) is 26.6. The molecule has 1 aliphatic rings. The zero-order chi connectivity index (χ0) is 19.5. The summed E-state index contributed by atoms with van der Waals surface area (Å²) in [6.45, 7) is 9.66. The largest absolute Gasteiger partial charge is 0.341 e. The molecule has 1 fully saturated rings. The molecular weight excluding hydrogens is 354 g/mol. The van der Waals surface area contributed by atoms with Gasteiger partial charge in [0.05, 0.1) is 4.90 Å². The van der Waals surface area contributed by atoms with Gasteiger partial charge in [0.1, 0.15) is 6.54 Å². The van der Waals surface area contributed by atoms with E-state index in [9.17, 15) is 18.0 Å². The van der Waals surface area contributed by atoms with Crippen LogP contribution in [-0.4, -0.2) is 54.3 Å². The molecule has 146 valence electrons. The number of aromatic nitrogens is 1. The lowest BCUT2D eigenvalue weighted by Crippen LogP contribution is -2.45. The number of sulfonamides is 1. The number of hydrogen-bond acceptors (Lipinski definition) is 4. The van der Waals surface area contributed by atoms with Crippen molar-refractivity contribution in [3.05, 3.63) is 28.7 Å². The van der Waals surface area contributed by atoms with Crippen LogP contribution in [0.4, 0.5) is 0 Å². The predicted molar refractivity (Wildman–Crippen MR) is 100 cm³/mol. The van der Waals surface area contributed by atoms with Crippen LogP contribution in [0.1, 0.15) is 34.1 Å². The summed E-state index contributed by atoms with van der Waals surface area (Å²) < 4.78 is 27.8. The van der Waals surface area contributed by atoms with E-state index in [4.69, 9.17) is 0 Å². The van der Waals surface area contributed by atoms with Gasteiger partial charge in [0.15, 0.2) is 0 Å². The minimum atomic E-state index is -3.67. The summed E-state index contributed by atoms with van der Waals surface area (Å²) in [5, 5.41) is 0. The van der Waals surface area contributed by atoms with Gasteiger partial charge < -0.3 is 9.47 Å². The number of carbonyl (C=O) groups is 1. The second kappa shape index (κ2) is 8.35. The lowest BCUT2D eigenvalue weighted by molar-refractivity contribution is -0.134. The maximum atomic E-state index is 12.6. The lowest BCUT2D eigenvalue weighted by Gasteiger charge is -2.35. The maximum Gasteiger partial charge on any atom is 0.251 e. The predicted octanol–water partition coefficient (Wildman–Crippen LogP) is 1.38. The van der Waals surface area contributed by atoms with Gasteiger partial charge in [0.2, 0.25) is 15.9 Å². The highest BCUT2D eigenvalue weighted by Crippen LogP contribution is 2.21. The third-order valence-electron chi connectivity index (χ3n) is 4.83. The first-order chi connectivity index (χ1) is 12.2. The number of amides is 1. The van der Waals surface area contributed by atoms with Gasteiger partial charge in [-0.2, -0.15) is 4.31 Å². The summed E-state index contributed by atoms with van der Waals surface area (Å²) in [6.07, 6.45) is 2.37. The second-order valence-corrected chi connectivity index (χ2v) is 9.10. The zero-order valence-corrected chi connectivity index (χ0v) is 16.8. The average Bonchev–Trinajstić information content (AvgIpc) is 2.56. The fourth-order valence-corrected chi connectivity index (χ4v) is 5.09. The number of piperidine rings is 1. The third-order valence-corrected chi connectivity index (χ3v) is 6.86. The molecule has 26 heavy (non-hydrogen) atoms. The van der Waals surface area contributed by atoms with Gasteiger partial charge in [-0.3, -0.25) is 9.59 Å². The Balaban J connectivity index is 2.25. The van der Waals surface area contributed by atoms with Crippen molar-refractivity contribution in [1.29, 1.82) is 0 Å². The van der Waals surface area contributed by atoms with Gasteiger partial charge in [-0.25, -0.2) is 8.42 Å².